The molecule has 1 unspecified atom stereocenters. The molecule has 14 heavy (non-hydrogen) atoms. The maximum atomic E-state index is 12.6. The van der Waals surface area contributed by atoms with Crippen molar-refractivity contribution in [2.75, 3.05) is 18.1 Å². The lowest BCUT2D eigenvalue weighted by Gasteiger charge is -2.30. The van der Waals surface area contributed by atoms with Crippen molar-refractivity contribution in [1.82, 2.24) is 5.32 Å². The summed E-state index contributed by atoms with van der Waals surface area (Å²) in [6, 6.07) is 0. The van der Waals surface area contributed by atoms with Gasteiger partial charge in [-0.15, -0.1) is 0 Å². The fourth-order valence-electron chi connectivity index (χ4n) is 1.65. The summed E-state index contributed by atoms with van der Waals surface area (Å²) in [6.45, 7) is 1.63. The summed E-state index contributed by atoms with van der Waals surface area (Å²) in [5.41, 5.74) is -2.22. The first-order valence-electron chi connectivity index (χ1n) is 4.25. The van der Waals surface area contributed by atoms with Crippen LogP contribution in [0.5, 0.6) is 0 Å². The van der Waals surface area contributed by atoms with Gasteiger partial charge in [0.25, 0.3) is 0 Å². The Morgan fingerprint density at radius 1 is 1.43 bits per heavy atom. The topological polar surface area (TPSA) is 46.2 Å². The van der Waals surface area contributed by atoms with Crippen molar-refractivity contribution in [2.45, 2.75) is 25.1 Å². The first kappa shape index (κ1) is 11.8. The van der Waals surface area contributed by atoms with Gasteiger partial charge in [0.15, 0.2) is 9.84 Å². The van der Waals surface area contributed by atoms with E-state index in [2.05, 4.69) is 5.32 Å². The first-order chi connectivity index (χ1) is 6.22. The molecule has 0 radical (unpaired) electrons. The normalized spacial score (nSPS) is 32.0. The average Bonchev–Trinajstić information content (AvgIpc) is 2.27. The minimum Gasteiger partial charge on any atom is -0.303 e. The molecule has 1 fully saturated rings. The molecule has 0 amide bonds. The Bertz CT molecular complexity index is 311. The zero-order chi connectivity index (χ0) is 11.0. The molecule has 0 aromatic carbocycles. The molecule has 3 nitrogen and oxygen atoms in total. The minimum atomic E-state index is -4.51. The lowest BCUT2D eigenvalue weighted by atomic mass is 9.98. The summed E-state index contributed by atoms with van der Waals surface area (Å²) in [4.78, 5) is 0. The number of hydrogen-bond donors (Lipinski definition) is 1. The zero-order valence-electron chi connectivity index (χ0n) is 7.69. The molecule has 1 aliphatic rings. The van der Waals surface area contributed by atoms with Crippen LogP contribution < -0.4 is 5.32 Å². The van der Waals surface area contributed by atoms with Crippen molar-refractivity contribution >= 4 is 9.84 Å². The van der Waals surface area contributed by atoms with Gasteiger partial charge in [0.1, 0.15) is 5.54 Å². The summed E-state index contributed by atoms with van der Waals surface area (Å²) in [6.07, 6.45) is -4.89. The first-order valence-corrected chi connectivity index (χ1v) is 6.07. The van der Waals surface area contributed by atoms with E-state index in [0.29, 0.717) is 0 Å². The van der Waals surface area contributed by atoms with E-state index in [9.17, 15) is 21.6 Å². The molecule has 0 spiro atoms. The zero-order valence-corrected chi connectivity index (χ0v) is 8.50. The largest absolute Gasteiger partial charge is 0.407 e. The molecule has 0 aliphatic carbocycles. The third-order valence-electron chi connectivity index (χ3n) is 2.36. The van der Waals surface area contributed by atoms with Crippen LogP contribution in [0.25, 0.3) is 0 Å². The second-order valence-corrected chi connectivity index (χ2v) is 5.64. The van der Waals surface area contributed by atoms with Gasteiger partial charge < -0.3 is 5.32 Å². The van der Waals surface area contributed by atoms with Gasteiger partial charge in [-0.05, 0) is 13.0 Å². The van der Waals surface area contributed by atoms with Gasteiger partial charge in [0.2, 0.25) is 0 Å². The minimum absolute atomic E-state index is 0.106. The summed E-state index contributed by atoms with van der Waals surface area (Å²) in [5.74, 6) is -1.23. The number of rotatable bonds is 2. The van der Waals surface area contributed by atoms with Crippen molar-refractivity contribution in [1.29, 1.82) is 0 Å². The second-order valence-electron chi connectivity index (χ2n) is 3.45. The van der Waals surface area contributed by atoms with E-state index in [1.807, 2.05) is 0 Å². The van der Waals surface area contributed by atoms with E-state index in [1.165, 1.54) is 6.92 Å². The molecule has 0 aromatic heterocycles. The van der Waals surface area contributed by atoms with Crippen LogP contribution in [0.2, 0.25) is 0 Å². The van der Waals surface area contributed by atoms with Gasteiger partial charge in [0, 0.05) is 0 Å². The van der Waals surface area contributed by atoms with Gasteiger partial charge in [-0.25, -0.2) is 8.42 Å². The number of nitrogens with one attached hydrogen (secondary N) is 1. The average molecular weight is 231 g/mol. The monoisotopic (exact) mass is 231 g/mol. The molecular formula is C7H12F3NO2S. The van der Waals surface area contributed by atoms with Crippen LogP contribution in [0.15, 0.2) is 0 Å². The van der Waals surface area contributed by atoms with Gasteiger partial charge >= 0.3 is 6.18 Å². The van der Waals surface area contributed by atoms with E-state index in [-0.39, 0.29) is 18.7 Å². The van der Waals surface area contributed by atoms with Crippen molar-refractivity contribution in [3.05, 3.63) is 0 Å². The quantitative estimate of drug-likeness (QED) is 0.761. The van der Waals surface area contributed by atoms with E-state index < -0.39 is 27.3 Å². The molecule has 1 rings (SSSR count). The van der Waals surface area contributed by atoms with Gasteiger partial charge in [-0.2, -0.15) is 13.2 Å². The molecule has 0 aromatic rings. The van der Waals surface area contributed by atoms with E-state index in [0.717, 1.165) is 0 Å². The van der Waals surface area contributed by atoms with Crippen LogP contribution in [0.4, 0.5) is 13.2 Å². The Kier molecular flexibility index (Phi) is 2.84. The van der Waals surface area contributed by atoms with Crippen LogP contribution in [-0.2, 0) is 9.84 Å². The van der Waals surface area contributed by atoms with E-state index in [4.69, 9.17) is 0 Å². The summed E-state index contributed by atoms with van der Waals surface area (Å²) < 4.78 is 59.9. The molecule has 1 heterocycles. The standard InChI is InChI=1S/C7H12F3NO2S/c1-2-11-6(7(8,9)10)3-4-14(12,13)5-6/h11H,2-5H2,1H3. The lowest BCUT2D eigenvalue weighted by Crippen LogP contribution is -2.57. The van der Waals surface area contributed by atoms with Crippen LogP contribution >= 0.6 is 0 Å². The van der Waals surface area contributed by atoms with Crippen LogP contribution in [-0.4, -0.2) is 38.2 Å². The summed E-state index contributed by atoms with van der Waals surface area (Å²) in [7, 11) is -3.54. The molecule has 84 valence electrons. The van der Waals surface area contributed by atoms with E-state index >= 15 is 0 Å². The Morgan fingerprint density at radius 3 is 2.29 bits per heavy atom. The smallest absolute Gasteiger partial charge is 0.303 e. The molecular weight excluding hydrogens is 219 g/mol. The predicted octanol–water partition coefficient (Wildman–Crippen LogP) is 0.716. The number of alkyl halides is 3. The number of halogens is 3. The highest BCUT2D eigenvalue weighted by Crippen LogP contribution is 2.38. The van der Waals surface area contributed by atoms with Crippen molar-refractivity contribution < 1.29 is 21.6 Å². The summed E-state index contributed by atoms with van der Waals surface area (Å²) in [5, 5.41) is 2.25. The molecule has 0 bridgehead atoms. The lowest BCUT2D eigenvalue weighted by molar-refractivity contribution is -0.188. The maximum absolute atomic E-state index is 12.6. The Hall–Kier alpha value is -0.300. The highest BCUT2D eigenvalue weighted by molar-refractivity contribution is 7.91. The number of sulfone groups is 1. The van der Waals surface area contributed by atoms with Crippen molar-refractivity contribution in [3.63, 3.8) is 0 Å². The van der Waals surface area contributed by atoms with Crippen molar-refractivity contribution in [2.24, 2.45) is 0 Å². The predicted molar refractivity (Wildman–Crippen MR) is 45.7 cm³/mol. The third kappa shape index (κ3) is 2.03. The highest BCUT2D eigenvalue weighted by Gasteiger charge is 2.59. The maximum Gasteiger partial charge on any atom is 0.407 e. The van der Waals surface area contributed by atoms with Gasteiger partial charge in [0.05, 0.1) is 11.5 Å². The third-order valence-corrected chi connectivity index (χ3v) is 4.12. The fraction of sp³-hybridized carbons (Fsp3) is 1.00. The molecule has 0 saturated carbocycles. The SMILES string of the molecule is CCNC1(C(F)(F)F)CCS(=O)(=O)C1. The van der Waals surface area contributed by atoms with E-state index in [1.54, 1.807) is 0 Å². The Labute approximate surface area is 80.6 Å². The fourth-order valence-corrected chi connectivity index (χ4v) is 3.62. The highest BCUT2D eigenvalue weighted by atomic mass is 32.2. The second kappa shape index (κ2) is 3.37. The Balaban J connectivity index is 2.98. The van der Waals surface area contributed by atoms with Crippen LogP contribution in [0.1, 0.15) is 13.3 Å². The molecule has 1 saturated heterocycles. The Morgan fingerprint density at radius 2 is 2.00 bits per heavy atom. The molecule has 1 N–H and O–H groups in total. The van der Waals surface area contributed by atoms with Crippen LogP contribution in [0.3, 0.4) is 0 Å². The van der Waals surface area contributed by atoms with Gasteiger partial charge in [-0.3, -0.25) is 0 Å². The van der Waals surface area contributed by atoms with Gasteiger partial charge in [-0.1, -0.05) is 6.92 Å². The van der Waals surface area contributed by atoms with Crippen molar-refractivity contribution in [3.8, 4) is 0 Å². The van der Waals surface area contributed by atoms with Crippen LogP contribution in [0, 0.1) is 0 Å². The summed E-state index contributed by atoms with van der Waals surface area (Å²) >= 11 is 0. The molecule has 1 aliphatic heterocycles. The molecule has 1 atom stereocenters. The number of hydrogen-bond acceptors (Lipinski definition) is 3. The molecule has 7 heteroatoms.